The molecule has 0 aromatic heterocycles. The second-order valence-electron chi connectivity index (χ2n) is 5.00. The fourth-order valence-corrected chi connectivity index (χ4v) is 2.42. The van der Waals surface area contributed by atoms with Gasteiger partial charge in [-0.1, -0.05) is 28.1 Å². The van der Waals surface area contributed by atoms with Crippen LogP contribution in [-0.4, -0.2) is 36.3 Å². The number of halogens is 1. The van der Waals surface area contributed by atoms with Gasteiger partial charge in [0.25, 0.3) is 0 Å². The minimum absolute atomic E-state index is 0.0637. The van der Waals surface area contributed by atoms with E-state index in [-0.39, 0.29) is 18.5 Å². The Kier molecular flexibility index (Phi) is 6.16. The Morgan fingerprint density at radius 3 is 2.55 bits per heavy atom. The Hall–Kier alpha value is -1.40. The van der Waals surface area contributed by atoms with Gasteiger partial charge < -0.3 is 11.1 Å². The molecule has 0 fully saturated rings. The molecule has 1 atom stereocenters. The first-order chi connectivity index (χ1) is 9.31. The lowest BCUT2D eigenvalue weighted by Crippen LogP contribution is -2.43. The Balaban J connectivity index is 2.86. The highest BCUT2D eigenvalue weighted by molar-refractivity contribution is 9.10. The molecule has 1 aromatic rings. The van der Waals surface area contributed by atoms with Crippen molar-refractivity contribution in [2.24, 2.45) is 5.73 Å². The summed E-state index contributed by atoms with van der Waals surface area (Å²) in [5.74, 6) is -0.619. The summed E-state index contributed by atoms with van der Waals surface area (Å²) in [5.41, 5.74) is 6.23. The standard InChI is InChI=1S/C14H20BrN3O2/c1-9(2)17-12(19)8-18(3)13(14(16)20)10-5-4-6-11(15)7-10/h4-7,9,13H,8H2,1-3H3,(H2,16,20)(H,17,19)/t13-/m0/s1. The molecule has 0 aliphatic heterocycles. The second kappa shape index (κ2) is 7.40. The molecular weight excluding hydrogens is 322 g/mol. The molecule has 0 saturated carbocycles. The summed E-state index contributed by atoms with van der Waals surface area (Å²) < 4.78 is 0.862. The summed E-state index contributed by atoms with van der Waals surface area (Å²) in [5, 5.41) is 2.79. The van der Waals surface area contributed by atoms with E-state index in [9.17, 15) is 9.59 Å². The van der Waals surface area contributed by atoms with E-state index in [1.54, 1.807) is 11.9 Å². The van der Waals surface area contributed by atoms with E-state index in [1.807, 2.05) is 38.1 Å². The predicted molar refractivity (Wildman–Crippen MR) is 82.0 cm³/mol. The highest BCUT2D eigenvalue weighted by Gasteiger charge is 2.24. The summed E-state index contributed by atoms with van der Waals surface area (Å²) in [7, 11) is 1.70. The smallest absolute Gasteiger partial charge is 0.239 e. The lowest BCUT2D eigenvalue weighted by Gasteiger charge is -2.25. The molecule has 0 spiro atoms. The average Bonchev–Trinajstić information content (AvgIpc) is 2.26. The lowest BCUT2D eigenvalue weighted by atomic mass is 10.1. The van der Waals surface area contributed by atoms with Crippen molar-refractivity contribution in [3.63, 3.8) is 0 Å². The van der Waals surface area contributed by atoms with Gasteiger partial charge in [0.05, 0.1) is 6.54 Å². The number of rotatable bonds is 6. The molecule has 0 unspecified atom stereocenters. The fourth-order valence-electron chi connectivity index (χ4n) is 2.00. The molecule has 3 N–H and O–H groups in total. The van der Waals surface area contributed by atoms with Gasteiger partial charge in [-0.25, -0.2) is 0 Å². The van der Waals surface area contributed by atoms with E-state index >= 15 is 0 Å². The van der Waals surface area contributed by atoms with Crippen LogP contribution in [0.3, 0.4) is 0 Å². The van der Waals surface area contributed by atoms with E-state index in [4.69, 9.17) is 5.73 Å². The number of likely N-dealkylation sites (N-methyl/N-ethyl adjacent to an activating group) is 1. The number of primary amides is 1. The van der Waals surface area contributed by atoms with Gasteiger partial charge in [-0.15, -0.1) is 0 Å². The van der Waals surface area contributed by atoms with Crippen LogP contribution in [0, 0.1) is 0 Å². The Morgan fingerprint density at radius 1 is 1.40 bits per heavy atom. The third-order valence-electron chi connectivity index (χ3n) is 2.72. The number of hydrogen-bond donors (Lipinski definition) is 2. The van der Waals surface area contributed by atoms with Crippen molar-refractivity contribution in [2.75, 3.05) is 13.6 Å². The normalized spacial score (nSPS) is 12.5. The quantitative estimate of drug-likeness (QED) is 0.821. The maximum absolute atomic E-state index is 11.8. The molecule has 0 radical (unpaired) electrons. The van der Waals surface area contributed by atoms with E-state index < -0.39 is 11.9 Å². The maximum Gasteiger partial charge on any atom is 0.239 e. The van der Waals surface area contributed by atoms with Crippen molar-refractivity contribution >= 4 is 27.7 Å². The molecule has 1 aromatic carbocycles. The molecule has 0 saturated heterocycles. The molecule has 6 heteroatoms. The SMILES string of the molecule is CC(C)NC(=O)CN(C)[C@H](C(N)=O)c1cccc(Br)c1. The number of benzene rings is 1. The molecular formula is C14H20BrN3O2. The fraction of sp³-hybridized carbons (Fsp3) is 0.429. The highest BCUT2D eigenvalue weighted by Crippen LogP contribution is 2.22. The summed E-state index contributed by atoms with van der Waals surface area (Å²) in [6.45, 7) is 3.88. The highest BCUT2D eigenvalue weighted by atomic mass is 79.9. The Bertz CT molecular complexity index is 491. The zero-order valence-electron chi connectivity index (χ0n) is 11.9. The Labute approximate surface area is 127 Å². The number of amides is 2. The zero-order chi connectivity index (χ0) is 15.3. The minimum atomic E-state index is -0.634. The monoisotopic (exact) mass is 341 g/mol. The van der Waals surface area contributed by atoms with Gasteiger partial charge in [0.1, 0.15) is 6.04 Å². The molecule has 0 bridgehead atoms. The maximum atomic E-state index is 11.8. The molecule has 0 heterocycles. The van der Waals surface area contributed by atoms with Crippen molar-refractivity contribution < 1.29 is 9.59 Å². The van der Waals surface area contributed by atoms with Crippen LogP contribution in [0.4, 0.5) is 0 Å². The Morgan fingerprint density at radius 2 is 2.05 bits per heavy atom. The number of nitrogens with zero attached hydrogens (tertiary/aromatic N) is 1. The number of carbonyl (C=O) groups is 2. The molecule has 0 aliphatic carbocycles. The topological polar surface area (TPSA) is 75.4 Å². The van der Waals surface area contributed by atoms with Crippen molar-refractivity contribution in [2.45, 2.75) is 25.9 Å². The van der Waals surface area contributed by atoms with Crippen molar-refractivity contribution in [3.05, 3.63) is 34.3 Å². The first kappa shape index (κ1) is 16.7. The van der Waals surface area contributed by atoms with Crippen LogP contribution in [0.2, 0.25) is 0 Å². The minimum Gasteiger partial charge on any atom is -0.368 e. The largest absolute Gasteiger partial charge is 0.368 e. The van der Waals surface area contributed by atoms with Crippen LogP contribution in [0.25, 0.3) is 0 Å². The van der Waals surface area contributed by atoms with Crippen LogP contribution in [0.5, 0.6) is 0 Å². The first-order valence-corrected chi connectivity index (χ1v) is 7.15. The molecule has 1 rings (SSSR count). The first-order valence-electron chi connectivity index (χ1n) is 6.35. The second-order valence-corrected chi connectivity index (χ2v) is 5.91. The molecule has 20 heavy (non-hydrogen) atoms. The van der Waals surface area contributed by atoms with Gasteiger partial charge in [-0.3, -0.25) is 14.5 Å². The van der Waals surface area contributed by atoms with E-state index in [0.717, 1.165) is 10.0 Å². The molecule has 110 valence electrons. The van der Waals surface area contributed by atoms with E-state index in [1.165, 1.54) is 0 Å². The zero-order valence-corrected chi connectivity index (χ0v) is 13.5. The van der Waals surface area contributed by atoms with Crippen LogP contribution in [-0.2, 0) is 9.59 Å². The molecule has 0 aliphatic rings. The van der Waals surface area contributed by atoms with E-state index in [0.29, 0.717) is 0 Å². The summed E-state index contributed by atoms with van der Waals surface area (Å²) in [6, 6.07) is 6.77. The summed E-state index contributed by atoms with van der Waals surface area (Å²) in [4.78, 5) is 25.1. The summed E-state index contributed by atoms with van der Waals surface area (Å²) in [6.07, 6.45) is 0. The van der Waals surface area contributed by atoms with Gasteiger partial charge >= 0.3 is 0 Å². The number of carbonyl (C=O) groups excluding carboxylic acids is 2. The van der Waals surface area contributed by atoms with Crippen LogP contribution >= 0.6 is 15.9 Å². The van der Waals surface area contributed by atoms with Gasteiger partial charge in [0.15, 0.2) is 0 Å². The van der Waals surface area contributed by atoms with Crippen LogP contribution in [0.1, 0.15) is 25.5 Å². The predicted octanol–water partition coefficient (Wildman–Crippen LogP) is 1.43. The van der Waals surface area contributed by atoms with E-state index in [2.05, 4.69) is 21.2 Å². The van der Waals surface area contributed by atoms with Gasteiger partial charge in [-0.2, -0.15) is 0 Å². The molecule has 5 nitrogen and oxygen atoms in total. The number of hydrogen-bond acceptors (Lipinski definition) is 3. The lowest BCUT2D eigenvalue weighted by molar-refractivity contribution is -0.126. The third-order valence-corrected chi connectivity index (χ3v) is 3.21. The third kappa shape index (κ3) is 4.94. The van der Waals surface area contributed by atoms with Crippen molar-refractivity contribution in [1.82, 2.24) is 10.2 Å². The van der Waals surface area contributed by atoms with Crippen molar-refractivity contribution in [3.8, 4) is 0 Å². The van der Waals surface area contributed by atoms with Crippen LogP contribution in [0.15, 0.2) is 28.7 Å². The van der Waals surface area contributed by atoms with Gasteiger partial charge in [0, 0.05) is 10.5 Å². The number of nitrogens with two attached hydrogens (primary N) is 1. The van der Waals surface area contributed by atoms with Gasteiger partial charge in [-0.05, 0) is 38.6 Å². The van der Waals surface area contributed by atoms with Crippen LogP contribution < -0.4 is 11.1 Å². The molecule has 2 amide bonds. The average molecular weight is 342 g/mol. The summed E-state index contributed by atoms with van der Waals surface area (Å²) >= 11 is 3.36. The number of nitrogens with one attached hydrogen (secondary N) is 1. The van der Waals surface area contributed by atoms with Crippen molar-refractivity contribution in [1.29, 1.82) is 0 Å². The van der Waals surface area contributed by atoms with Gasteiger partial charge in [0.2, 0.25) is 11.8 Å².